The molecule has 1 unspecified atom stereocenters. The van der Waals surface area contributed by atoms with Gasteiger partial charge in [0.25, 0.3) is 0 Å². The van der Waals surface area contributed by atoms with Crippen LogP contribution in [0.2, 0.25) is 0 Å². The Morgan fingerprint density at radius 3 is 2.89 bits per heavy atom. The zero-order chi connectivity index (χ0) is 12.7. The lowest BCUT2D eigenvalue weighted by Crippen LogP contribution is -2.07. The first kappa shape index (κ1) is 11.3. The van der Waals surface area contributed by atoms with Crippen LogP contribution in [0, 0.1) is 5.92 Å². The van der Waals surface area contributed by atoms with Crippen molar-refractivity contribution in [1.29, 1.82) is 0 Å². The molecule has 3 heteroatoms. The Morgan fingerprint density at radius 2 is 2.22 bits per heavy atom. The first-order valence-electron chi connectivity index (χ1n) is 6.47. The summed E-state index contributed by atoms with van der Waals surface area (Å²) in [5.74, 6) is -0.399. The lowest BCUT2D eigenvalue weighted by molar-refractivity contribution is -0.138. The van der Waals surface area contributed by atoms with E-state index in [1.165, 1.54) is 12.8 Å². The predicted molar refractivity (Wildman–Crippen MR) is 70.7 cm³/mol. The van der Waals surface area contributed by atoms with Crippen LogP contribution in [-0.4, -0.2) is 15.6 Å². The maximum Gasteiger partial charge on any atom is 0.310 e. The maximum atomic E-state index is 11.1. The van der Waals surface area contributed by atoms with E-state index >= 15 is 0 Å². The molecular formula is C15H17NO2. The third kappa shape index (κ3) is 1.90. The summed E-state index contributed by atoms with van der Waals surface area (Å²) in [5, 5.41) is 10.2. The van der Waals surface area contributed by atoms with Crippen molar-refractivity contribution < 1.29 is 9.90 Å². The second kappa shape index (κ2) is 4.16. The molecule has 18 heavy (non-hydrogen) atoms. The van der Waals surface area contributed by atoms with Crippen LogP contribution < -0.4 is 0 Å². The average molecular weight is 243 g/mol. The van der Waals surface area contributed by atoms with Crippen LogP contribution >= 0.6 is 0 Å². The second-order valence-corrected chi connectivity index (χ2v) is 5.25. The van der Waals surface area contributed by atoms with Crippen LogP contribution in [0.3, 0.4) is 0 Å². The van der Waals surface area contributed by atoms with Gasteiger partial charge in [0.05, 0.1) is 5.92 Å². The highest BCUT2D eigenvalue weighted by atomic mass is 16.4. The Bertz CT molecular complexity index is 596. The average Bonchev–Trinajstić information content (AvgIpc) is 3.08. The number of carboxylic acid groups (broad SMARTS) is 1. The number of benzene rings is 1. The summed E-state index contributed by atoms with van der Waals surface area (Å²) >= 11 is 0. The van der Waals surface area contributed by atoms with Crippen molar-refractivity contribution in [2.75, 3.05) is 0 Å². The summed E-state index contributed by atoms with van der Waals surface area (Å²) in [5.41, 5.74) is 2.07. The SMILES string of the molecule is CC(C(=O)O)c1cccc2c1ccn2CC1CC1. The molecule has 0 bridgehead atoms. The quantitative estimate of drug-likeness (QED) is 0.895. The summed E-state index contributed by atoms with van der Waals surface area (Å²) in [6.45, 7) is 2.81. The third-order valence-electron chi connectivity index (χ3n) is 3.84. The Hall–Kier alpha value is -1.77. The van der Waals surface area contributed by atoms with Crippen molar-refractivity contribution in [3.05, 3.63) is 36.0 Å². The summed E-state index contributed by atoms with van der Waals surface area (Å²) in [6.07, 6.45) is 4.73. The Morgan fingerprint density at radius 1 is 1.44 bits per heavy atom. The molecule has 94 valence electrons. The summed E-state index contributed by atoms with van der Waals surface area (Å²) in [6, 6.07) is 8.01. The minimum absolute atomic E-state index is 0.453. The van der Waals surface area contributed by atoms with Crippen LogP contribution in [0.1, 0.15) is 31.2 Å². The third-order valence-corrected chi connectivity index (χ3v) is 3.84. The van der Waals surface area contributed by atoms with Crippen LogP contribution in [-0.2, 0) is 11.3 Å². The van der Waals surface area contributed by atoms with Crippen LogP contribution in [0.4, 0.5) is 0 Å². The van der Waals surface area contributed by atoms with Gasteiger partial charge in [-0.1, -0.05) is 12.1 Å². The number of carboxylic acids is 1. The van der Waals surface area contributed by atoms with E-state index in [2.05, 4.69) is 16.8 Å². The molecule has 1 aliphatic carbocycles. The second-order valence-electron chi connectivity index (χ2n) is 5.25. The van der Waals surface area contributed by atoms with Gasteiger partial charge in [-0.05, 0) is 43.4 Å². The largest absolute Gasteiger partial charge is 0.481 e. The van der Waals surface area contributed by atoms with Gasteiger partial charge in [0.1, 0.15) is 0 Å². The van der Waals surface area contributed by atoms with Gasteiger partial charge in [0, 0.05) is 23.6 Å². The molecule has 2 aromatic rings. The number of fused-ring (bicyclic) bond motifs is 1. The van der Waals surface area contributed by atoms with Crippen molar-refractivity contribution in [2.24, 2.45) is 5.92 Å². The molecule has 1 aliphatic rings. The molecule has 0 radical (unpaired) electrons. The molecule has 1 saturated carbocycles. The monoisotopic (exact) mass is 243 g/mol. The van der Waals surface area contributed by atoms with Gasteiger partial charge >= 0.3 is 5.97 Å². The van der Waals surface area contributed by atoms with Gasteiger partial charge in [0.15, 0.2) is 0 Å². The normalized spacial score (nSPS) is 16.9. The Kier molecular flexibility index (Phi) is 2.62. The Balaban J connectivity index is 2.05. The highest BCUT2D eigenvalue weighted by Crippen LogP contribution is 2.33. The minimum atomic E-state index is -0.766. The van der Waals surface area contributed by atoms with E-state index in [9.17, 15) is 4.79 Å². The molecule has 1 fully saturated rings. The van der Waals surface area contributed by atoms with E-state index in [1.807, 2.05) is 18.2 Å². The summed E-state index contributed by atoms with van der Waals surface area (Å²) in [7, 11) is 0. The number of aromatic nitrogens is 1. The lowest BCUT2D eigenvalue weighted by Gasteiger charge is -2.09. The van der Waals surface area contributed by atoms with E-state index < -0.39 is 11.9 Å². The number of hydrogen-bond acceptors (Lipinski definition) is 1. The van der Waals surface area contributed by atoms with Gasteiger partial charge < -0.3 is 9.67 Å². The summed E-state index contributed by atoms with van der Waals surface area (Å²) in [4.78, 5) is 11.1. The highest BCUT2D eigenvalue weighted by Gasteiger charge is 2.23. The fourth-order valence-corrected chi connectivity index (χ4v) is 2.50. The molecular weight excluding hydrogens is 226 g/mol. The fourth-order valence-electron chi connectivity index (χ4n) is 2.50. The topological polar surface area (TPSA) is 42.2 Å². The van der Waals surface area contributed by atoms with Crippen molar-refractivity contribution in [1.82, 2.24) is 4.57 Å². The molecule has 1 aromatic carbocycles. The molecule has 3 nitrogen and oxygen atoms in total. The first-order valence-corrected chi connectivity index (χ1v) is 6.47. The van der Waals surface area contributed by atoms with Gasteiger partial charge in [-0.3, -0.25) is 4.79 Å². The standard InChI is InChI=1S/C15H17NO2/c1-10(15(17)18)12-3-2-4-14-13(12)7-8-16(14)9-11-5-6-11/h2-4,7-8,10-11H,5-6,9H2,1H3,(H,17,18). The van der Waals surface area contributed by atoms with Gasteiger partial charge in [-0.25, -0.2) is 0 Å². The smallest absolute Gasteiger partial charge is 0.310 e. The predicted octanol–water partition coefficient (Wildman–Crippen LogP) is 3.24. The molecule has 1 heterocycles. The molecule has 3 rings (SSSR count). The lowest BCUT2D eigenvalue weighted by atomic mass is 9.98. The molecule has 1 atom stereocenters. The van der Waals surface area contributed by atoms with Crippen molar-refractivity contribution in [3.8, 4) is 0 Å². The van der Waals surface area contributed by atoms with E-state index in [0.29, 0.717) is 0 Å². The zero-order valence-electron chi connectivity index (χ0n) is 10.5. The Labute approximate surface area is 106 Å². The van der Waals surface area contributed by atoms with Crippen LogP contribution in [0.15, 0.2) is 30.5 Å². The fraction of sp³-hybridized carbons (Fsp3) is 0.400. The zero-order valence-corrected chi connectivity index (χ0v) is 10.5. The van der Waals surface area contributed by atoms with E-state index in [-0.39, 0.29) is 0 Å². The van der Waals surface area contributed by atoms with Gasteiger partial charge in [-0.15, -0.1) is 0 Å². The molecule has 0 spiro atoms. The molecule has 1 N–H and O–H groups in total. The first-order chi connectivity index (χ1) is 8.66. The van der Waals surface area contributed by atoms with Crippen molar-refractivity contribution in [3.63, 3.8) is 0 Å². The van der Waals surface area contributed by atoms with Crippen LogP contribution in [0.5, 0.6) is 0 Å². The van der Waals surface area contributed by atoms with Crippen molar-refractivity contribution >= 4 is 16.9 Å². The minimum Gasteiger partial charge on any atom is -0.481 e. The molecule has 0 amide bonds. The number of aliphatic carboxylic acids is 1. The number of carbonyl (C=O) groups is 1. The van der Waals surface area contributed by atoms with Crippen molar-refractivity contribution in [2.45, 2.75) is 32.2 Å². The van der Waals surface area contributed by atoms with Gasteiger partial charge in [-0.2, -0.15) is 0 Å². The highest BCUT2D eigenvalue weighted by molar-refractivity contribution is 5.89. The number of hydrogen-bond donors (Lipinski definition) is 1. The van der Waals surface area contributed by atoms with E-state index in [0.717, 1.165) is 28.9 Å². The molecule has 0 saturated heterocycles. The molecule has 0 aliphatic heterocycles. The van der Waals surface area contributed by atoms with E-state index in [4.69, 9.17) is 5.11 Å². The summed E-state index contributed by atoms with van der Waals surface area (Å²) < 4.78 is 2.26. The maximum absolute atomic E-state index is 11.1. The van der Waals surface area contributed by atoms with Crippen LogP contribution in [0.25, 0.3) is 10.9 Å². The molecule has 1 aromatic heterocycles. The van der Waals surface area contributed by atoms with E-state index in [1.54, 1.807) is 6.92 Å². The number of rotatable bonds is 4. The number of nitrogens with zero attached hydrogens (tertiary/aromatic N) is 1. The van der Waals surface area contributed by atoms with Gasteiger partial charge in [0.2, 0.25) is 0 Å².